The fourth-order valence-corrected chi connectivity index (χ4v) is 3.25. The first-order valence-corrected chi connectivity index (χ1v) is 7.79. The van der Waals surface area contributed by atoms with E-state index < -0.39 is 0 Å². The molecule has 0 atom stereocenters. The summed E-state index contributed by atoms with van der Waals surface area (Å²) >= 11 is 0. The maximum absolute atomic E-state index is 8.81. The van der Waals surface area contributed by atoms with Crippen LogP contribution in [0.25, 0.3) is 27.5 Å². The highest BCUT2D eigenvalue weighted by atomic mass is 14.9. The Morgan fingerprint density at radius 2 is 1.87 bits per heavy atom. The molecule has 0 spiro atoms. The maximum atomic E-state index is 8.81. The van der Waals surface area contributed by atoms with Crippen molar-refractivity contribution in [2.45, 2.75) is 6.42 Å². The van der Waals surface area contributed by atoms with Crippen LogP contribution in [0.5, 0.6) is 0 Å². The Labute approximate surface area is 135 Å². The molecule has 3 aromatic rings. The first kappa shape index (κ1) is 13.6. The molecule has 1 aliphatic rings. The van der Waals surface area contributed by atoms with Crippen molar-refractivity contribution in [1.82, 2.24) is 0 Å². The Morgan fingerprint density at radius 1 is 1.00 bits per heavy atom. The number of fused-ring (bicyclic) bond motifs is 2. The molecule has 0 saturated heterocycles. The van der Waals surface area contributed by atoms with Gasteiger partial charge in [0.25, 0.3) is 0 Å². The minimum Gasteiger partial charge on any atom is -0.380 e. The zero-order valence-corrected chi connectivity index (χ0v) is 12.7. The molecule has 3 aromatic carbocycles. The van der Waals surface area contributed by atoms with Crippen LogP contribution in [0.3, 0.4) is 0 Å². The lowest BCUT2D eigenvalue weighted by Crippen LogP contribution is -1.90. The molecule has 1 heterocycles. The van der Waals surface area contributed by atoms with Crippen LogP contribution in [-0.4, -0.2) is 6.54 Å². The number of allylic oxidation sites excluding steroid dienone is 1. The largest absolute Gasteiger partial charge is 0.380 e. The lowest BCUT2D eigenvalue weighted by molar-refractivity contribution is 1.34. The summed E-state index contributed by atoms with van der Waals surface area (Å²) in [6.45, 7) is 0.802. The lowest BCUT2D eigenvalue weighted by Gasteiger charge is -2.09. The van der Waals surface area contributed by atoms with Crippen molar-refractivity contribution >= 4 is 22.0 Å². The standard InChI is InChI=1S/C21H16N2/c22-12-4-7-17-14-23-21-11-10-16(13-20(17)21)19-9-3-6-15-5-1-2-8-18(15)19/h1-3,5-11,13,23H,4,14H2. The SMILES string of the molecule is N#CCC=C1CNc2ccc(-c3cccc4ccccc34)cc21. The van der Waals surface area contributed by atoms with Gasteiger partial charge in [0, 0.05) is 17.8 Å². The average Bonchev–Trinajstić information content (AvgIpc) is 3.01. The minimum absolute atomic E-state index is 0.453. The maximum Gasteiger partial charge on any atom is 0.0663 e. The van der Waals surface area contributed by atoms with Gasteiger partial charge in [0.1, 0.15) is 0 Å². The summed E-state index contributed by atoms with van der Waals surface area (Å²) < 4.78 is 0. The first-order valence-electron chi connectivity index (χ1n) is 7.79. The third-order valence-corrected chi connectivity index (χ3v) is 4.38. The van der Waals surface area contributed by atoms with Crippen LogP contribution in [0.15, 0.2) is 66.7 Å². The summed E-state index contributed by atoms with van der Waals surface area (Å²) in [7, 11) is 0. The molecule has 0 aliphatic carbocycles. The van der Waals surface area contributed by atoms with Gasteiger partial charge in [-0.3, -0.25) is 0 Å². The Bertz CT molecular complexity index is 956. The highest BCUT2D eigenvalue weighted by molar-refractivity contribution is 5.98. The van der Waals surface area contributed by atoms with Crippen LogP contribution in [0.1, 0.15) is 12.0 Å². The highest BCUT2D eigenvalue weighted by Crippen LogP contribution is 2.36. The average molecular weight is 296 g/mol. The summed E-state index contributed by atoms with van der Waals surface area (Å²) in [6.07, 6.45) is 2.47. The van der Waals surface area contributed by atoms with Gasteiger partial charge in [0.2, 0.25) is 0 Å². The number of hydrogen-bond donors (Lipinski definition) is 1. The second-order valence-corrected chi connectivity index (χ2v) is 5.73. The topological polar surface area (TPSA) is 35.8 Å². The molecule has 1 aliphatic heterocycles. The minimum atomic E-state index is 0.453. The van der Waals surface area contributed by atoms with Crippen LogP contribution in [0.2, 0.25) is 0 Å². The first-order chi connectivity index (χ1) is 11.4. The summed E-state index contributed by atoms with van der Waals surface area (Å²) in [6, 6.07) is 23.6. The van der Waals surface area contributed by atoms with Crippen molar-refractivity contribution in [2.24, 2.45) is 0 Å². The Morgan fingerprint density at radius 3 is 2.78 bits per heavy atom. The monoisotopic (exact) mass is 296 g/mol. The number of hydrogen-bond acceptors (Lipinski definition) is 2. The van der Waals surface area contributed by atoms with Crippen molar-refractivity contribution in [3.8, 4) is 17.2 Å². The van der Waals surface area contributed by atoms with Gasteiger partial charge in [-0.2, -0.15) is 5.26 Å². The number of benzene rings is 3. The zero-order chi connectivity index (χ0) is 15.6. The van der Waals surface area contributed by atoms with Crippen LogP contribution in [0, 0.1) is 11.3 Å². The molecule has 2 nitrogen and oxygen atoms in total. The molecule has 0 amide bonds. The normalized spacial score (nSPS) is 14.5. The van der Waals surface area contributed by atoms with Gasteiger partial charge in [-0.15, -0.1) is 0 Å². The summed E-state index contributed by atoms with van der Waals surface area (Å²) in [5.74, 6) is 0. The van der Waals surface area contributed by atoms with E-state index in [9.17, 15) is 0 Å². The van der Waals surface area contributed by atoms with Crippen LogP contribution in [0.4, 0.5) is 5.69 Å². The highest BCUT2D eigenvalue weighted by Gasteiger charge is 2.16. The fourth-order valence-electron chi connectivity index (χ4n) is 3.25. The van der Waals surface area contributed by atoms with E-state index in [0.717, 1.165) is 12.2 Å². The van der Waals surface area contributed by atoms with Crippen molar-refractivity contribution in [2.75, 3.05) is 11.9 Å². The van der Waals surface area contributed by atoms with E-state index >= 15 is 0 Å². The predicted octanol–water partition coefficient (Wildman–Crippen LogP) is 5.23. The molecule has 0 fully saturated rings. The predicted molar refractivity (Wildman–Crippen MR) is 96.1 cm³/mol. The number of rotatable bonds is 2. The second-order valence-electron chi connectivity index (χ2n) is 5.73. The van der Waals surface area contributed by atoms with E-state index in [0.29, 0.717) is 6.42 Å². The van der Waals surface area contributed by atoms with Gasteiger partial charge in [-0.1, -0.05) is 54.6 Å². The van der Waals surface area contributed by atoms with Gasteiger partial charge in [0.05, 0.1) is 12.5 Å². The van der Waals surface area contributed by atoms with Crippen molar-refractivity contribution in [1.29, 1.82) is 5.26 Å². The quantitative estimate of drug-likeness (QED) is 0.703. The second kappa shape index (κ2) is 5.62. The van der Waals surface area contributed by atoms with E-state index in [1.165, 1.54) is 33.0 Å². The Hall–Kier alpha value is -3.05. The van der Waals surface area contributed by atoms with Gasteiger partial charge in [-0.05, 0) is 39.6 Å². The van der Waals surface area contributed by atoms with Gasteiger partial charge < -0.3 is 5.32 Å². The zero-order valence-electron chi connectivity index (χ0n) is 12.7. The lowest BCUT2D eigenvalue weighted by atomic mass is 9.95. The van der Waals surface area contributed by atoms with Crippen LogP contribution >= 0.6 is 0 Å². The van der Waals surface area contributed by atoms with Gasteiger partial charge in [-0.25, -0.2) is 0 Å². The van der Waals surface area contributed by atoms with Crippen LogP contribution in [-0.2, 0) is 0 Å². The smallest absolute Gasteiger partial charge is 0.0663 e. The van der Waals surface area contributed by atoms with Crippen LogP contribution < -0.4 is 5.32 Å². The number of nitrogens with zero attached hydrogens (tertiary/aromatic N) is 1. The number of nitrogens with one attached hydrogen (secondary N) is 1. The number of nitriles is 1. The van der Waals surface area contributed by atoms with Crippen molar-refractivity contribution in [3.05, 3.63) is 72.3 Å². The molecule has 4 rings (SSSR count). The van der Waals surface area contributed by atoms with Crippen molar-refractivity contribution < 1.29 is 0 Å². The summed E-state index contributed by atoms with van der Waals surface area (Å²) in [5, 5.41) is 14.7. The molecule has 0 radical (unpaired) electrons. The third-order valence-electron chi connectivity index (χ3n) is 4.38. The molecule has 2 heteroatoms. The molecule has 0 unspecified atom stereocenters. The van der Waals surface area contributed by atoms with E-state index in [-0.39, 0.29) is 0 Å². The summed E-state index contributed by atoms with van der Waals surface area (Å²) in [4.78, 5) is 0. The third kappa shape index (κ3) is 2.37. The molecule has 0 bridgehead atoms. The van der Waals surface area contributed by atoms with Gasteiger partial charge in [0.15, 0.2) is 0 Å². The van der Waals surface area contributed by atoms with E-state index in [2.05, 4.69) is 72.0 Å². The molecular weight excluding hydrogens is 280 g/mol. The van der Waals surface area contributed by atoms with E-state index in [4.69, 9.17) is 5.26 Å². The molecule has 0 saturated carbocycles. The fraction of sp³-hybridized carbons (Fsp3) is 0.0952. The molecule has 0 aromatic heterocycles. The van der Waals surface area contributed by atoms with E-state index in [1.807, 2.05) is 6.08 Å². The molecule has 110 valence electrons. The van der Waals surface area contributed by atoms with Gasteiger partial charge >= 0.3 is 0 Å². The Kier molecular flexibility index (Phi) is 3.33. The molecular formula is C21H16N2. The summed E-state index contributed by atoms with van der Waals surface area (Å²) in [5.41, 5.74) is 6.04. The molecule has 1 N–H and O–H groups in total. The van der Waals surface area contributed by atoms with E-state index in [1.54, 1.807) is 0 Å². The number of anilines is 1. The molecule has 23 heavy (non-hydrogen) atoms. The Balaban J connectivity index is 1.86. The van der Waals surface area contributed by atoms with Crippen molar-refractivity contribution in [3.63, 3.8) is 0 Å².